The third-order valence-electron chi connectivity index (χ3n) is 17.1. The molecule has 0 bridgehead atoms. The molecule has 14 rings (SSSR count). The van der Waals surface area contributed by atoms with E-state index in [1.807, 2.05) is 0 Å². The number of rotatable bonds is 4. The van der Waals surface area contributed by atoms with Crippen molar-refractivity contribution in [2.24, 2.45) is 0 Å². The van der Waals surface area contributed by atoms with Gasteiger partial charge >= 0.3 is 0 Å². The van der Waals surface area contributed by atoms with Crippen molar-refractivity contribution in [2.45, 2.75) is 105 Å². The number of aromatic nitrogens is 4. The lowest BCUT2D eigenvalue weighted by atomic mass is 9.34. The Morgan fingerprint density at radius 2 is 0.766 bits per heavy atom. The zero-order valence-corrected chi connectivity index (χ0v) is 46.6. The second-order valence-corrected chi connectivity index (χ2v) is 26.4. The minimum atomic E-state index is -0.0858. The van der Waals surface area contributed by atoms with Gasteiger partial charge in [-0.25, -0.2) is 9.97 Å². The normalized spacial score (nSPS) is 13.4. The highest BCUT2D eigenvalue weighted by atomic mass is 15.0. The van der Waals surface area contributed by atoms with E-state index in [1.165, 1.54) is 93.6 Å². The summed E-state index contributed by atoms with van der Waals surface area (Å²) in [6, 6.07) is 66.5. The lowest BCUT2D eigenvalue weighted by Gasteiger charge is -2.36. The van der Waals surface area contributed by atoms with Crippen molar-refractivity contribution < 1.29 is 0 Å². The first-order valence-electron chi connectivity index (χ1n) is 27.7. The highest BCUT2D eigenvalue weighted by Crippen LogP contribution is 2.45. The van der Waals surface area contributed by atoms with Gasteiger partial charge in [-0.1, -0.05) is 186 Å². The molecule has 0 saturated heterocycles. The van der Waals surface area contributed by atoms with Crippen LogP contribution in [0.2, 0.25) is 0 Å². The van der Waals surface area contributed by atoms with Crippen LogP contribution in [0.4, 0.5) is 0 Å². The molecule has 2 aliphatic rings. The van der Waals surface area contributed by atoms with Crippen molar-refractivity contribution in [3.05, 3.63) is 198 Å². The van der Waals surface area contributed by atoms with Gasteiger partial charge in [0.15, 0.2) is 5.82 Å². The molecule has 5 heterocycles. The summed E-state index contributed by atoms with van der Waals surface area (Å²) >= 11 is 0. The van der Waals surface area contributed by atoms with Crippen molar-refractivity contribution in [3.8, 4) is 56.3 Å². The number of para-hydroxylation sites is 1. The van der Waals surface area contributed by atoms with E-state index in [9.17, 15) is 0 Å². The van der Waals surface area contributed by atoms with Crippen LogP contribution >= 0.6 is 0 Å². The van der Waals surface area contributed by atoms with Gasteiger partial charge in [0.25, 0.3) is 6.71 Å². The smallest absolute Gasteiger partial charge is 0.252 e. The maximum Gasteiger partial charge on any atom is 0.252 e. The van der Waals surface area contributed by atoms with Gasteiger partial charge in [0.1, 0.15) is 0 Å². The van der Waals surface area contributed by atoms with Crippen LogP contribution in [0.1, 0.15) is 105 Å². The Balaban J connectivity index is 1.14. The van der Waals surface area contributed by atoms with E-state index < -0.39 is 0 Å². The predicted octanol–water partition coefficient (Wildman–Crippen LogP) is 16.8. The molecule has 2 aliphatic heterocycles. The first-order chi connectivity index (χ1) is 36.7. The maximum atomic E-state index is 5.78. The molecule has 0 spiro atoms. The molecule has 376 valence electrons. The number of benzene rings is 9. The van der Waals surface area contributed by atoms with Crippen molar-refractivity contribution in [3.63, 3.8) is 0 Å². The summed E-state index contributed by atoms with van der Waals surface area (Å²) in [6.45, 7) is 28.2. The Hall–Kier alpha value is -8.02. The summed E-state index contributed by atoms with van der Waals surface area (Å²) in [5.74, 6) is 0.699. The molecule has 0 unspecified atom stereocenters. The van der Waals surface area contributed by atoms with E-state index in [1.54, 1.807) is 0 Å². The van der Waals surface area contributed by atoms with Crippen LogP contribution < -0.4 is 16.4 Å². The summed E-state index contributed by atoms with van der Waals surface area (Å²) in [6.07, 6.45) is 0. The molecule has 4 nitrogen and oxygen atoms in total. The largest absolute Gasteiger partial charge is 0.310 e. The lowest BCUT2D eigenvalue weighted by molar-refractivity contribution is 0.590. The predicted molar refractivity (Wildman–Crippen MR) is 329 cm³/mol. The molecule has 0 N–H and O–H groups in total. The van der Waals surface area contributed by atoms with E-state index in [2.05, 4.69) is 268 Å². The average molecular weight is 997 g/mol. The van der Waals surface area contributed by atoms with Crippen LogP contribution in [0, 0.1) is 0 Å². The Bertz CT molecular complexity index is 4230. The van der Waals surface area contributed by atoms with Gasteiger partial charge in [-0.05, 0) is 155 Å². The number of hydrogen-bond acceptors (Lipinski definition) is 2. The Morgan fingerprint density at radius 3 is 1.23 bits per heavy atom. The second-order valence-electron chi connectivity index (χ2n) is 26.4. The summed E-state index contributed by atoms with van der Waals surface area (Å²) < 4.78 is 5.27. The fourth-order valence-corrected chi connectivity index (χ4v) is 12.8. The monoisotopic (exact) mass is 997 g/mol. The highest BCUT2D eigenvalue weighted by Gasteiger charge is 2.43. The quantitative estimate of drug-likeness (QED) is 0.165. The molecule has 0 fully saturated rings. The maximum absolute atomic E-state index is 5.78. The van der Waals surface area contributed by atoms with Crippen molar-refractivity contribution >= 4 is 77.6 Å². The number of hydrogen-bond donors (Lipinski definition) is 0. The van der Waals surface area contributed by atoms with E-state index >= 15 is 0 Å². The summed E-state index contributed by atoms with van der Waals surface area (Å²) in [4.78, 5) is 11.2. The third kappa shape index (κ3) is 7.33. The lowest BCUT2D eigenvalue weighted by Crippen LogP contribution is -2.59. The third-order valence-corrected chi connectivity index (χ3v) is 17.1. The van der Waals surface area contributed by atoms with Gasteiger partial charge in [0.2, 0.25) is 0 Å². The minimum absolute atomic E-state index is 0.0261. The first-order valence-corrected chi connectivity index (χ1v) is 27.7. The molecule has 5 heteroatoms. The molecule has 77 heavy (non-hydrogen) atoms. The van der Waals surface area contributed by atoms with Crippen LogP contribution in [0.15, 0.2) is 176 Å². The molecule has 0 saturated carbocycles. The van der Waals surface area contributed by atoms with Gasteiger partial charge in [0.05, 0.1) is 22.2 Å². The molecule has 0 amide bonds. The number of fused-ring (bicyclic) bond motifs is 11. The van der Waals surface area contributed by atoms with E-state index in [-0.39, 0.29) is 28.4 Å². The Morgan fingerprint density at radius 1 is 0.338 bits per heavy atom. The van der Waals surface area contributed by atoms with Crippen LogP contribution in [0.3, 0.4) is 0 Å². The first kappa shape index (κ1) is 47.4. The minimum Gasteiger partial charge on any atom is -0.310 e. The van der Waals surface area contributed by atoms with Gasteiger partial charge in [-0.2, -0.15) is 0 Å². The van der Waals surface area contributed by atoms with Gasteiger partial charge in [-0.15, -0.1) is 0 Å². The van der Waals surface area contributed by atoms with Gasteiger partial charge < -0.3 is 9.13 Å². The van der Waals surface area contributed by atoms with Crippen LogP contribution in [0.25, 0.3) is 111 Å². The highest BCUT2D eigenvalue weighted by molar-refractivity contribution is 7.00. The Labute approximate surface area is 453 Å². The zero-order chi connectivity index (χ0) is 53.2. The number of nitrogens with zero attached hydrogens (tertiary/aromatic N) is 4. The van der Waals surface area contributed by atoms with Crippen molar-refractivity contribution in [2.75, 3.05) is 0 Å². The van der Waals surface area contributed by atoms with Gasteiger partial charge in [0, 0.05) is 60.5 Å². The van der Waals surface area contributed by atoms with E-state index in [0.717, 1.165) is 50.0 Å². The SMILES string of the molecule is CC(C)(C)c1ccc2c(c1)c1cc(C(C)(C)C)cc3c1n2-c1cc(-c2nc(-c4cc(-c5ccccc5)cc(-c5ccccc5)c4)nc4ccccc24)cc2c1B3c1cc(C(C)(C)C)cc3c4cc(C(C)(C)C)ccc4n-2c13. The molecule has 3 aromatic heterocycles. The van der Waals surface area contributed by atoms with Crippen molar-refractivity contribution in [1.82, 2.24) is 19.1 Å². The molecule has 12 aromatic rings. The zero-order valence-electron chi connectivity index (χ0n) is 46.6. The average Bonchev–Trinajstić information content (AvgIpc) is 4.04. The molecule has 9 aromatic carbocycles. The standard InChI is InChI=1S/C72H65BN4/c1-69(2,3)48-27-29-60-53(36-48)55-38-50(71(7,8)9)40-57-66(55)76(60)62-34-46(35-63-64(62)73(57)58-41-51(72(10,11)12)39-56-54-37-49(70(4,5)6)28-30-61(54)77(63)67(56)58)65-52-25-19-20-26-59(52)74-68(75-65)47-32-44(42-21-15-13-16-22-42)31-45(33-47)43-23-17-14-18-24-43/h13-41H,1-12H3. The molecular weight excluding hydrogens is 932 g/mol. The van der Waals surface area contributed by atoms with Crippen LogP contribution in [0.5, 0.6) is 0 Å². The van der Waals surface area contributed by atoms with Gasteiger partial charge in [-0.3, -0.25) is 0 Å². The topological polar surface area (TPSA) is 35.6 Å². The molecular formula is C72H65BN4. The van der Waals surface area contributed by atoms with E-state index in [0.29, 0.717) is 5.82 Å². The van der Waals surface area contributed by atoms with E-state index in [4.69, 9.17) is 9.97 Å². The molecule has 0 radical (unpaired) electrons. The van der Waals surface area contributed by atoms with Crippen molar-refractivity contribution in [1.29, 1.82) is 0 Å². The summed E-state index contributed by atoms with van der Waals surface area (Å²) in [5, 5.41) is 6.26. The second kappa shape index (κ2) is 16.3. The summed E-state index contributed by atoms with van der Waals surface area (Å²) in [7, 11) is 0. The van der Waals surface area contributed by atoms with Crippen LogP contribution in [-0.2, 0) is 21.7 Å². The Kier molecular flexibility index (Phi) is 10.0. The fourth-order valence-electron chi connectivity index (χ4n) is 12.8. The molecule has 0 atom stereocenters. The fraction of sp³-hybridized carbons (Fsp3) is 0.222. The molecule has 0 aliphatic carbocycles. The van der Waals surface area contributed by atoms with Crippen LogP contribution in [-0.4, -0.2) is 25.8 Å². The summed E-state index contributed by atoms with van der Waals surface area (Å²) in [5.41, 5.74) is 25.2.